The van der Waals surface area contributed by atoms with Crippen molar-refractivity contribution in [2.24, 2.45) is 0 Å². The smallest absolute Gasteiger partial charge is 0.264 e. The monoisotopic (exact) mass is 777 g/mol. The summed E-state index contributed by atoms with van der Waals surface area (Å²) in [5.74, 6) is -0.896. The molecule has 0 heterocycles. The summed E-state index contributed by atoms with van der Waals surface area (Å²) in [4.78, 5) is 29.9. The van der Waals surface area contributed by atoms with E-state index in [4.69, 9.17) is 23.2 Å². The first-order valence-corrected chi connectivity index (χ1v) is 17.7. The van der Waals surface area contributed by atoms with Crippen LogP contribution in [-0.4, -0.2) is 43.8 Å². The van der Waals surface area contributed by atoms with Crippen LogP contribution in [0.3, 0.4) is 0 Å². The molecular formula is C34H34Cl2IN3O4S. The van der Waals surface area contributed by atoms with E-state index in [1.807, 2.05) is 44.2 Å². The van der Waals surface area contributed by atoms with E-state index in [9.17, 15) is 18.0 Å². The van der Waals surface area contributed by atoms with E-state index >= 15 is 0 Å². The molecule has 0 spiro atoms. The van der Waals surface area contributed by atoms with Crippen molar-refractivity contribution in [3.8, 4) is 0 Å². The minimum Gasteiger partial charge on any atom is -0.352 e. The zero-order valence-corrected chi connectivity index (χ0v) is 29.4. The van der Waals surface area contributed by atoms with Gasteiger partial charge in [-0.15, -0.1) is 0 Å². The second-order valence-electron chi connectivity index (χ2n) is 10.6. The van der Waals surface area contributed by atoms with Gasteiger partial charge in [0.2, 0.25) is 11.8 Å². The molecule has 1 N–H and O–H groups in total. The Labute approximate surface area is 288 Å². The van der Waals surface area contributed by atoms with Gasteiger partial charge >= 0.3 is 0 Å². The van der Waals surface area contributed by atoms with Crippen molar-refractivity contribution < 1.29 is 18.0 Å². The minimum absolute atomic E-state index is 0.00688. The molecule has 4 aromatic rings. The number of rotatable bonds is 13. The summed E-state index contributed by atoms with van der Waals surface area (Å²) in [6.45, 7) is 3.31. The highest BCUT2D eigenvalue weighted by molar-refractivity contribution is 14.1. The second-order valence-corrected chi connectivity index (χ2v) is 14.5. The van der Waals surface area contributed by atoms with Gasteiger partial charge in [0.25, 0.3) is 10.0 Å². The highest BCUT2D eigenvalue weighted by Gasteiger charge is 2.35. The summed E-state index contributed by atoms with van der Waals surface area (Å²) < 4.78 is 30.1. The van der Waals surface area contributed by atoms with Gasteiger partial charge < -0.3 is 10.2 Å². The number of hydrogen-bond acceptors (Lipinski definition) is 4. The molecule has 0 aliphatic carbocycles. The summed E-state index contributed by atoms with van der Waals surface area (Å²) in [5, 5.41) is 3.68. The fourth-order valence-corrected chi connectivity index (χ4v) is 6.80. The maximum atomic E-state index is 14.5. The first-order chi connectivity index (χ1) is 21.5. The van der Waals surface area contributed by atoms with E-state index in [2.05, 4.69) is 27.9 Å². The summed E-state index contributed by atoms with van der Waals surface area (Å²) in [5.41, 5.74) is 1.81. The van der Waals surface area contributed by atoms with Gasteiger partial charge in [-0.2, -0.15) is 0 Å². The number of nitrogens with zero attached hydrogens (tertiary/aromatic N) is 2. The highest BCUT2D eigenvalue weighted by Crippen LogP contribution is 2.27. The lowest BCUT2D eigenvalue weighted by molar-refractivity contribution is -0.140. The second kappa shape index (κ2) is 15.9. The third kappa shape index (κ3) is 9.22. The van der Waals surface area contributed by atoms with E-state index < -0.39 is 28.5 Å². The number of anilines is 1. The maximum absolute atomic E-state index is 14.5. The van der Waals surface area contributed by atoms with E-state index in [0.717, 1.165) is 13.4 Å². The zero-order valence-electron chi connectivity index (χ0n) is 24.9. The number of benzene rings is 4. The van der Waals surface area contributed by atoms with Crippen LogP contribution in [-0.2, 0) is 32.6 Å². The largest absolute Gasteiger partial charge is 0.352 e. The van der Waals surface area contributed by atoms with Crippen molar-refractivity contribution >= 4 is 73.3 Å². The molecule has 0 aliphatic heterocycles. The number of nitrogens with one attached hydrogen (secondary N) is 1. The number of amides is 2. The van der Waals surface area contributed by atoms with E-state index in [1.165, 1.54) is 17.0 Å². The Morgan fingerprint density at radius 3 is 2.07 bits per heavy atom. The summed E-state index contributed by atoms with van der Waals surface area (Å²) in [6, 6.07) is 28.2. The molecule has 2 amide bonds. The molecule has 4 rings (SSSR count). The van der Waals surface area contributed by atoms with Crippen molar-refractivity contribution in [2.45, 2.75) is 50.2 Å². The van der Waals surface area contributed by atoms with Gasteiger partial charge in [-0.05, 0) is 95.6 Å². The molecule has 0 aliphatic rings. The third-order valence-corrected chi connectivity index (χ3v) is 10.6. The molecule has 0 bridgehead atoms. The van der Waals surface area contributed by atoms with Gasteiger partial charge in [0.15, 0.2) is 0 Å². The average Bonchev–Trinajstić information content (AvgIpc) is 3.04. The summed E-state index contributed by atoms with van der Waals surface area (Å²) in [7, 11) is -4.16. The number of halogens is 3. The highest BCUT2D eigenvalue weighted by atomic mass is 127. The lowest BCUT2D eigenvalue weighted by atomic mass is 10.0. The van der Waals surface area contributed by atoms with Crippen molar-refractivity contribution in [3.63, 3.8) is 0 Å². The van der Waals surface area contributed by atoms with Crippen LogP contribution in [0.15, 0.2) is 108 Å². The lowest BCUT2D eigenvalue weighted by Crippen LogP contribution is -2.54. The van der Waals surface area contributed by atoms with Gasteiger partial charge in [0, 0.05) is 22.6 Å². The Balaban J connectivity index is 1.81. The van der Waals surface area contributed by atoms with Crippen molar-refractivity contribution in [3.05, 3.63) is 128 Å². The first kappa shape index (κ1) is 34.7. The summed E-state index contributed by atoms with van der Waals surface area (Å²) in [6.07, 6.45) is 0.908. The molecule has 11 heteroatoms. The minimum atomic E-state index is -4.16. The van der Waals surface area contributed by atoms with Crippen LogP contribution in [0.4, 0.5) is 5.69 Å². The normalized spacial score (nSPS) is 12.6. The van der Waals surface area contributed by atoms with Gasteiger partial charge in [0.05, 0.1) is 20.6 Å². The van der Waals surface area contributed by atoms with Crippen LogP contribution in [0, 0.1) is 3.57 Å². The van der Waals surface area contributed by atoms with E-state index in [0.29, 0.717) is 27.7 Å². The Morgan fingerprint density at radius 1 is 0.844 bits per heavy atom. The maximum Gasteiger partial charge on any atom is 0.264 e. The standard InChI is InChI=1S/C34H34Cl2IN3O4S/c1-3-24(2)38-34(42)32(21-25-10-6-4-7-11-25)39(22-26-14-19-30(35)31(36)20-26)33(41)23-40(28-17-15-27(37)16-18-28)45(43,44)29-12-8-5-9-13-29/h4-20,24,32H,3,21-23H2,1-2H3,(H,38,42)/t24-,32+/m0/s1. The zero-order chi connectivity index (χ0) is 32.6. The number of carbonyl (C=O) groups excluding carboxylic acids is 2. The fraction of sp³-hybridized carbons (Fsp3) is 0.235. The molecule has 0 unspecified atom stereocenters. The molecule has 0 saturated carbocycles. The van der Waals surface area contributed by atoms with Crippen molar-refractivity contribution in [2.75, 3.05) is 10.8 Å². The van der Waals surface area contributed by atoms with Crippen molar-refractivity contribution in [1.29, 1.82) is 0 Å². The third-order valence-electron chi connectivity index (χ3n) is 7.33. The predicted molar refractivity (Wildman–Crippen MR) is 189 cm³/mol. The van der Waals surface area contributed by atoms with Crippen molar-refractivity contribution in [1.82, 2.24) is 10.2 Å². The van der Waals surface area contributed by atoms with E-state index in [1.54, 1.807) is 60.7 Å². The van der Waals surface area contributed by atoms with Gasteiger partial charge in [-0.3, -0.25) is 13.9 Å². The molecule has 2 atom stereocenters. The number of carbonyl (C=O) groups is 2. The fourth-order valence-electron chi connectivity index (χ4n) is 4.69. The quantitative estimate of drug-likeness (QED) is 0.144. The Bertz CT molecular complexity index is 1710. The lowest BCUT2D eigenvalue weighted by Gasteiger charge is -2.34. The molecule has 0 aromatic heterocycles. The molecule has 0 radical (unpaired) electrons. The molecule has 4 aromatic carbocycles. The first-order valence-electron chi connectivity index (χ1n) is 14.4. The molecule has 7 nitrogen and oxygen atoms in total. The van der Waals surface area contributed by atoms with Crippen LogP contribution in [0.2, 0.25) is 10.0 Å². The Morgan fingerprint density at radius 2 is 1.47 bits per heavy atom. The average molecular weight is 779 g/mol. The van der Waals surface area contributed by atoms with Crippen LogP contribution >= 0.6 is 45.8 Å². The van der Waals surface area contributed by atoms with E-state index in [-0.39, 0.29) is 29.8 Å². The van der Waals surface area contributed by atoms with Gasteiger partial charge in [0.1, 0.15) is 12.6 Å². The number of sulfonamides is 1. The van der Waals surface area contributed by atoms with Crippen LogP contribution in [0.5, 0.6) is 0 Å². The summed E-state index contributed by atoms with van der Waals surface area (Å²) >= 11 is 14.7. The predicted octanol–water partition coefficient (Wildman–Crippen LogP) is 7.35. The van der Waals surface area contributed by atoms with Gasteiger partial charge in [-0.1, -0.05) is 84.7 Å². The Kier molecular flexibility index (Phi) is 12.3. The molecular weight excluding hydrogens is 744 g/mol. The number of hydrogen-bond donors (Lipinski definition) is 1. The van der Waals surface area contributed by atoms with Gasteiger partial charge in [-0.25, -0.2) is 8.42 Å². The SMILES string of the molecule is CC[C@H](C)NC(=O)[C@@H](Cc1ccccc1)N(Cc1ccc(Cl)c(Cl)c1)C(=O)CN(c1ccc(I)cc1)S(=O)(=O)c1ccccc1. The van der Waals surface area contributed by atoms with Crippen LogP contribution in [0.1, 0.15) is 31.4 Å². The van der Waals surface area contributed by atoms with Crippen LogP contribution in [0.25, 0.3) is 0 Å². The topological polar surface area (TPSA) is 86.8 Å². The molecule has 0 fully saturated rings. The van der Waals surface area contributed by atoms with Crippen LogP contribution < -0.4 is 9.62 Å². The molecule has 0 saturated heterocycles. The molecule has 45 heavy (non-hydrogen) atoms. The molecule has 236 valence electrons. The Hall–Kier alpha value is -3.12.